The lowest BCUT2D eigenvalue weighted by Gasteiger charge is -2.31. The normalized spacial score (nSPS) is 16.7. The molecule has 3 amide bonds. The quantitative estimate of drug-likeness (QED) is 0.843. The molecular formula is C20H22ClN3O3. The van der Waals surface area contributed by atoms with Crippen LogP contribution in [0.5, 0.6) is 0 Å². The maximum atomic E-state index is 12.5. The van der Waals surface area contributed by atoms with E-state index in [1.165, 1.54) is 0 Å². The number of nitrogens with zero attached hydrogens (tertiary/aromatic N) is 1. The fourth-order valence-electron chi connectivity index (χ4n) is 2.89. The Morgan fingerprint density at radius 3 is 2.70 bits per heavy atom. The molecule has 142 valence electrons. The molecule has 0 spiro atoms. The minimum Gasteiger partial charge on any atom is -0.375 e. The Kier molecular flexibility index (Phi) is 6.32. The summed E-state index contributed by atoms with van der Waals surface area (Å²) in [5.41, 5.74) is 2.12. The Bertz CT molecular complexity index is 810. The molecule has 0 radical (unpaired) electrons. The Morgan fingerprint density at radius 1 is 1.22 bits per heavy atom. The molecule has 1 aliphatic rings. The topological polar surface area (TPSA) is 70.7 Å². The van der Waals surface area contributed by atoms with Gasteiger partial charge in [0, 0.05) is 35.9 Å². The molecule has 7 heteroatoms. The van der Waals surface area contributed by atoms with Crippen LogP contribution < -0.4 is 10.6 Å². The third kappa shape index (κ3) is 5.45. The van der Waals surface area contributed by atoms with Crippen molar-refractivity contribution in [2.45, 2.75) is 19.6 Å². The van der Waals surface area contributed by atoms with Gasteiger partial charge in [-0.3, -0.25) is 4.79 Å². The van der Waals surface area contributed by atoms with Crippen LogP contribution in [0.25, 0.3) is 0 Å². The Morgan fingerprint density at radius 2 is 2.00 bits per heavy atom. The fourth-order valence-corrected chi connectivity index (χ4v) is 3.10. The monoisotopic (exact) mass is 387 g/mol. The number of anilines is 1. The SMILES string of the molecule is CC1CN(C(=O)c2ccc(NC(=O)NCc3cccc(Cl)c3)cc2)CCO1. The number of rotatable bonds is 4. The van der Waals surface area contributed by atoms with Crippen LogP contribution >= 0.6 is 11.6 Å². The highest BCUT2D eigenvalue weighted by atomic mass is 35.5. The van der Waals surface area contributed by atoms with Crippen LogP contribution in [-0.2, 0) is 11.3 Å². The molecule has 2 N–H and O–H groups in total. The summed E-state index contributed by atoms with van der Waals surface area (Å²) in [5.74, 6) is -0.0258. The molecule has 0 saturated carbocycles. The van der Waals surface area contributed by atoms with Gasteiger partial charge in [0.2, 0.25) is 0 Å². The van der Waals surface area contributed by atoms with Crippen LogP contribution in [0, 0.1) is 0 Å². The van der Waals surface area contributed by atoms with Crippen molar-refractivity contribution in [2.24, 2.45) is 0 Å². The summed E-state index contributed by atoms with van der Waals surface area (Å²) in [6.45, 7) is 4.06. The lowest BCUT2D eigenvalue weighted by Crippen LogP contribution is -2.44. The average Bonchev–Trinajstić information content (AvgIpc) is 2.66. The zero-order chi connectivity index (χ0) is 19.2. The van der Waals surface area contributed by atoms with Gasteiger partial charge in [0.15, 0.2) is 0 Å². The molecule has 2 aromatic rings. The van der Waals surface area contributed by atoms with Gasteiger partial charge in [-0.2, -0.15) is 0 Å². The summed E-state index contributed by atoms with van der Waals surface area (Å²) in [6, 6.07) is 13.9. The zero-order valence-corrected chi connectivity index (χ0v) is 15.8. The third-order valence-electron chi connectivity index (χ3n) is 4.26. The summed E-state index contributed by atoms with van der Waals surface area (Å²) in [7, 11) is 0. The Hall–Kier alpha value is -2.57. The summed E-state index contributed by atoms with van der Waals surface area (Å²) in [4.78, 5) is 26.3. The number of halogens is 1. The number of benzene rings is 2. The van der Waals surface area contributed by atoms with Crippen molar-refractivity contribution in [3.63, 3.8) is 0 Å². The van der Waals surface area contributed by atoms with E-state index in [9.17, 15) is 9.59 Å². The van der Waals surface area contributed by atoms with Crippen LogP contribution in [0.3, 0.4) is 0 Å². The highest BCUT2D eigenvalue weighted by Crippen LogP contribution is 2.14. The van der Waals surface area contributed by atoms with Gasteiger partial charge in [-0.1, -0.05) is 23.7 Å². The van der Waals surface area contributed by atoms with Crippen LogP contribution in [0.1, 0.15) is 22.8 Å². The lowest BCUT2D eigenvalue weighted by atomic mass is 10.1. The molecule has 1 fully saturated rings. The second kappa shape index (κ2) is 8.88. The van der Waals surface area contributed by atoms with Crippen molar-refractivity contribution in [2.75, 3.05) is 25.0 Å². The minimum atomic E-state index is -0.323. The van der Waals surface area contributed by atoms with E-state index in [2.05, 4.69) is 10.6 Å². The third-order valence-corrected chi connectivity index (χ3v) is 4.50. The number of hydrogen-bond acceptors (Lipinski definition) is 3. The van der Waals surface area contributed by atoms with Gasteiger partial charge in [-0.05, 0) is 48.9 Å². The first kappa shape index (κ1) is 19.2. The summed E-state index contributed by atoms with van der Waals surface area (Å²) in [5, 5.41) is 6.15. The number of hydrogen-bond donors (Lipinski definition) is 2. The fraction of sp³-hybridized carbons (Fsp3) is 0.300. The molecular weight excluding hydrogens is 366 g/mol. The predicted octanol–water partition coefficient (Wildman–Crippen LogP) is 3.52. The average molecular weight is 388 g/mol. The first-order valence-electron chi connectivity index (χ1n) is 8.81. The van der Waals surface area contributed by atoms with E-state index in [0.717, 1.165) is 5.56 Å². The highest BCUT2D eigenvalue weighted by molar-refractivity contribution is 6.30. The van der Waals surface area contributed by atoms with E-state index in [-0.39, 0.29) is 18.0 Å². The molecule has 2 aromatic carbocycles. The maximum absolute atomic E-state index is 12.5. The first-order valence-corrected chi connectivity index (χ1v) is 9.19. The van der Waals surface area contributed by atoms with E-state index in [1.807, 2.05) is 19.1 Å². The smallest absolute Gasteiger partial charge is 0.319 e. The number of morpholine rings is 1. The molecule has 27 heavy (non-hydrogen) atoms. The number of amides is 3. The van der Waals surface area contributed by atoms with E-state index in [4.69, 9.17) is 16.3 Å². The van der Waals surface area contributed by atoms with Crippen molar-refractivity contribution in [3.05, 3.63) is 64.7 Å². The zero-order valence-electron chi connectivity index (χ0n) is 15.1. The van der Waals surface area contributed by atoms with Crippen LogP contribution in [0.15, 0.2) is 48.5 Å². The maximum Gasteiger partial charge on any atom is 0.319 e. The van der Waals surface area contributed by atoms with Crippen molar-refractivity contribution in [3.8, 4) is 0 Å². The van der Waals surface area contributed by atoms with Gasteiger partial charge in [-0.25, -0.2) is 4.79 Å². The van der Waals surface area contributed by atoms with Crippen LogP contribution in [0.2, 0.25) is 5.02 Å². The molecule has 0 aromatic heterocycles. The molecule has 6 nitrogen and oxygen atoms in total. The van der Waals surface area contributed by atoms with Crippen molar-refractivity contribution >= 4 is 29.2 Å². The predicted molar refractivity (Wildman–Crippen MR) is 105 cm³/mol. The summed E-state index contributed by atoms with van der Waals surface area (Å²) >= 11 is 5.93. The molecule has 1 unspecified atom stereocenters. The molecule has 1 atom stereocenters. The Labute approximate surface area is 163 Å². The van der Waals surface area contributed by atoms with Gasteiger partial charge >= 0.3 is 6.03 Å². The summed E-state index contributed by atoms with van der Waals surface area (Å²) < 4.78 is 5.46. The summed E-state index contributed by atoms with van der Waals surface area (Å²) in [6.07, 6.45) is 0.0480. The van der Waals surface area contributed by atoms with Crippen molar-refractivity contribution in [1.29, 1.82) is 0 Å². The standard InChI is InChI=1S/C20H22ClN3O3/c1-14-13-24(9-10-27-14)19(25)16-5-7-18(8-6-16)23-20(26)22-12-15-3-2-4-17(21)11-15/h2-8,11,14H,9-10,12-13H2,1H3,(H2,22,23,26). The van der Waals surface area contributed by atoms with Crippen LogP contribution in [-0.4, -0.2) is 42.6 Å². The van der Waals surface area contributed by atoms with E-state index < -0.39 is 0 Å². The van der Waals surface area contributed by atoms with E-state index in [1.54, 1.807) is 41.3 Å². The molecule has 1 heterocycles. The van der Waals surface area contributed by atoms with Gasteiger partial charge < -0.3 is 20.3 Å². The van der Waals surface area contributed by atoms with Gasteiger partial charge in [0.05, 0.1) is 12.7 Å². The first-order chi connectivity index (χ1) is 13.0. The number of carbonyl (C=O) groups is 2. The highest BCUT2D eigenvalue weighted by Gasteiger charge is 2.22. The van der Waals surface area contributed by atoms with Crippen molar-refractivity contribution in [1.82, 2.24) is 10.2 Å². The van der Waals surface area contributed by atoms with Gasteiger partial charge in [0.25, 0.3) is 5.91 Å². The van der Waals surface area contributed by atoms with Gasteiger partial charge in [-0.15, -0.1) is 0 Å². The lowest BCUT2D eigenvalue weighted by molar-refractivity contribution is -0.0124. The van der Waals surface area contributed by atoms with Crippen LogP contribution in [0.4, 0.5) is 10.5 Å². The molecule has 1 aliphatic heterocycles. The number of nitrogens with one attached hydrogen (secondary N) is 2. The van der Waals surface area contributed by atoms with E-state index >= 15 is 0 Å². The molecule has 1 saturated heterocycles. The number of urea groups is 1. The Balaban J connectivity index is 1.52. The number of carbonyl (C=O) groups excluding carboxylic acids is 2. The van der Waals surface area contributed by atoms with Crippen molar-refractivity contribution < 1.29 is 14.3 Å². The minimum absolute atomic E-state index is 0.0258. The molecule has 3 rings (SSSR count). The van der Waals surface area contributed by atoms with E-state index in [0.29, 0.717) is 42.5 Å². The largest absolute Gasteiger partial charge is 0.375 e. The van der Waals surface area contributed by atoms with Gasteiger partial charge in [0.1, 0.15) is 0 Å². The second-order valence-electron chi connectivity index (χ2n) is 6.45. The number of ether oxygens (including phenoxy) is 1. The second-order valence-corrected chi connectivity index (χ2v) is 6.88. The molecule has 0 bridgehead atoms. The molecule has 0 aliphatic carbocycles.